The molecule has 16 heavy (non-hydrogen) atoms. The molecule has 4 heteroatoms. The number of aliphatic hydroxyl groups is 1. The fourth-order valence-corrected chi connectivity index (χ4v) is 1.61. The molecule has 1 aromatic carbocycles. The van der Waals surface area contributed by atoms with Crippen molar-refractivity contribution in [1.29, 1.82) is 0 Å². The summed E-state index contributed by atoms with van der Waals surface area (Å²) >= 11 is 0. The monoisotopic (exact) mass is 227 g/mol. The fraction of sp³-hybridized carbons (Fsp3) is 0.500. The Morgan fingerprint density at radius 3 is 2.31 bits per heavy atom. The average molecular weight is 227 g/mol. The van der Waals surface area contributed by atoms with Gasteiger partial charge in [-0.05, 0) is 18.4 Å². The molecular weight excluding hydrogens is 212 g/mol. The van der Waals surface area contributed by atoms with Crippen LogP contribution in [0.1, 0.15) is 30.4 Å². The molecule has 1 aliphatic carbocycles. The second-order valence-electron chi connectivity index (χ2n) is 4.33. The van der Waals surface area contributed by atoms with Crippen molar-refractivity contribution in [1.82, 2.24) is 5.32 Å². The maximum atomic E-state index is 12.3. The summed E-state index contributed by atoms with van der Waals surface area (Å²) in [6.07, 6.45) is -0.439. The molecule has 1 aliphatic rings. The summed E-state index contributed by atoms with van der Waals surface area (Å²) in [5, 5.41) is 12.3. The van der Waals surface area contributed by atoms with E-state index in [0.717, 1.165) is 18.4 Å². The maximum absolute atomic E-state index is 12.3. The lowest BCUT2D eigenvalue weighted by atomic mass is 10.1. The Morgan fingerprint density at radius 2 is 1.88 bits per heavy atom. The fourth-order valence-electron chi connectivity index (χ4n) is 1.61. The lowest BCUT2D eigenvalue weighted by molar-refractivity contribution is 0.151. The van der Waals surface area contributed by atoms with Crippen molar-refractivity contribution in [2.75, 3.05) is 6.61 Å². The van der Waals surface area contributed by atoms with E-state index in [1.165, 1.54) is 12.1 Å². The first-order valence-corrected chi connectivity index (χ1v) is 5.38. The molecule has 0 radical (unpaired) electrons. The quantitative estimate of drug-likeness (QED) is 0.808. The molecule has 0 bridgehead atoms. The summed E-state index contributed by atoms with van der Waals surface area (Å²) < 4.78 is 24.6. The summed E-state index contributed by atoms with van der Waals surface area (Å²) in [6, 6.07) is 6.28. The molecule has 0 heterocycles. The van der Waals surface area contributed by atoms with E-state index in [-0.39, 0.29) is 17.7 Å². The summed E-state index contributed by atoms with van der Waals surface area (Å²) in [7, 11) is 0. The normalized spacial score (nSPS) is 17.8. The Kier molecular flexibility index (Phi) is 3.21. The van der Waals surface area contributed by atoms with Crippen LogP contribution in [0.15, 0.2) is 24.3 Å². The first-order valence-electron chi connectivity index (χ1n) is 5.38. The molecular formula is C12H15F2NO. The van der Waals surface area contributed by atoms with Gasteiger partial charge in [0.25, 0.3) is 6.43 Å². The predicted octanol–water partition coefficient (Wildman–Crippen LogP) is 2.24. The van der Waals surface area contributed by atoms with Gasteiger partial charge in [-0.3, -0.25) is 0 Å². The number of halogens is 2. The minimum Gasteiger partial charge on any atom is -0.394 e. The van der Waals surface area contributed by atoms with Gasteiger partial charge in [0.15, 0.2) is 0 Å². The minimum atomic E-state index is -2.41. The highest BCUT2D eigenvalue weighted by Gasteiger charge is 2.41. The topological polar surface area (TPSA) is 32.3 Å². The number of aliphatic hydroxyl groups excluding tert-OH is 1. The van der Waals surface area contributed by atoms with E-state index in [4.69, 9.17) is 5.11 Å². The molecule has 0 aliphatic heterocycles. The van der Waals surface area contributed by atoms with E-state index in [0.29, 0.717) is 6.54 Å². The number of alkyl halides is 2. The zero-order valence-electron chi connectivity index (χ0n) is 8.92. The first-order chi connectivity index (χ1) is 7.65. The Bertz CT molecular complexity index is 347. The molecule has 0 spiro atoms. The molecule has 1 fully saturated rings. The third-order valence-corrected chi connectivity index (χ3v) is 3.06. The zero-order valence-corrected chi connectivity index (χ0v) is 8.92. The molecule has 0 saturated heterocycles. The Hall–Kier alpha value is -1.00. The summed E-state index contributed by atoms with van der Waals surface area (Å²) in [6.45, 7) is 0.756. The standard InChI is InChI=1S/C12H15F2NO/c13-11(14)10-3-1-9(2-4-10)7-15-12(8-16)5-6-12/h1-4,11,15-16H,5-8H2. The second-order valence-corrected chi connectivity index (χ2v) is 4.33. The second kappa shape index (κ2) is 4.47. The summed E-state index contributed by atoms with van der Waals surface area (Å²) in [4.78, 5) is 0. The molecule has 2 rings (SSSR count). The molecule has 0 amide bonds. The van der Waals surface area contributed by atoms with Gasteiger partial charge in [0, 0.05) is 17.6 Å². The van der Waals surface area contributed by atoms with Crippen LogP contribution >= 0.6 is 0 Å². The Labute approximate surface area is 93.3 Å². The number of hydrogen-bond donors (Lipinski definition) is 2. The molecule has 88 valence electrons. The third kappa shape index (κ3) is 2.57. The van der Waals surface area contributed by atoms with Crippen LogP contribution in [-0.2, 0) is 6.54 Å². The Morgan fingerprint density at radius 1 is 1.25 bits per heavy atom. The predicted molar refractivity (Wildman–Crippen MR) is 57.3 cm³/mol. The highest BCUT2D eigenvalue weighted by atomic mass is 19.3. The molecule has 1 saturated carbocycles. The number of rotatable bonds is 5. The van der Waals surface area contributed by atoms with E-state index >= 15 is 0 Å². The van der Waals surface area contributed by atoms with Crippen molar-refractivity contribution < 1.29 is 13.9 Å². The van der Waals surface area contributed by atoms with Gasteiger partial charge in [-0.25, -0.2) is 8.78 Å². The molecule has 0 aromatic heterocycles. The van der Waals surface area contributed by atoms with Gasteiger partial charge >= 0.3 is 0 Å². The van der Waals surface area contributed by atoms with Crippen LogP contribution in [-0.4, -0.2) is 17.3 Å². The van der Waals surface area contributed by atoms with Gasteiger partial charge in [0.05, 0.1) is 6.61 Å². The number of hydrogen-bond acceptors (Lipinski definition) is 2. The molecule has 1 aromatic rings. The highest BCUT2D eigenvalue weighted by Crippen LogP contribution is 2.34. The SMILES string of the molecule is OCC1(NCc2ccc(C(F)F)cc2)CC1. The summed E-state index contributed by atoms with van der Waals surface area (Å²) in [5.41, 5.74) is 0.901. The molecule has 0 atom stereocenters. The van der Waals surface area contributed by atoms with Gasteiger partial charge in [-0.2, -0.15) is 0 Å². The van der Waals surface area contributed by atoms with Gasteiger partial charge < -0.3 is 10.4 Å². The van der Waals surface area contributed by atoms with Gasteiger partial charge in [0.2, 0.25) is 0 Å². The van der Waals surface area contributed by atoms with Crippen LogP contribution in [0.25, 0.3) is 0 Å². The van der Waals surface area contributed by atoms with Crippen molar-refractivity contribution in [2.45, 2.75) is 31.4 Å². The number of benzene rings is 1. The zero-order chi connectivity index (χ0) is 11.6. The minimum absolute atomic E-state index is 0.0482. The van der Waals surface area contributed by atoms with E-state index in [2.05, 4.69) is 5.32 Å². The first kappa shape index (κ1) is 11.5. The van der Waals surface area contributed by atoms with Crippen LogP contribution in [0.3, 0.4) is 0 Å². The van der Waals surface area contributed by atoms with Crippen molar-refractivity contribution in [3.05, 3.63) is 35.4 Å². The van der Waals surface area contributed by atoms with E-state index in [9.17, 15) is 8.78 Å². The van der Waals surface area contributed by atoms with Gasteiger partial charge in [-0.15, -0.1) is 0 Å². The highest BCUT2D eigenvalue weighted by molar-refractivity contribution is 5.23. The van der Waals surface area contributed by atoms with Crippen LogP contribution in [0.2, 0.25) is 0 Å². The third-order valence-electron chi connectivity index (χ3n) is 3.06. The van der Waals surface area contributed by atoms with Crippen LogP contribution < -0.4 is 5.32 Å². The molecule has 2 nitrogen and oxygen atoms in total. The summed E-state index contributed by atoms with van der Waals surface area (Å²) in [5.74, 6) is 0. The van der Waals surface area contributed by atoms with Gasteiger partial charge in [-0.1, -0.05) is 24.3 Å². The van der Waals surface area contributed by atoms with E-state index < -0.39 is 6.43 Å². The van der Waals surface area contributed by atoms with Crippen LogP contribution in [0.4, 0.5) is 8.78 Å². The maximum Gasteiger partial charge on any atom is 0.263 e. The molecule has 2 N–H and O–H groups in total. The Balaban J connectivity index is 1.90. The van der Waals surface area contributed by atoms with Crippen LogP contribution in [0, 0.1) is 0 Å². The van der Waals surface area contributed by atoms with E-state index in [1.807, 2.05) is 0 Å². The van der Waals surface area contributed by atoms with Crippen LogP contribution in [0.5, 0.6) is 0 Å². The largest absolute Gasteiger partial charge is 0.394 e. The smallest absolute Gasteiger partial charge is 0.263 e. The van der Waals surface area contributed by atoms with Gasteiger partial charge in [0.1, 0.15) is 0 Å². The molecule has 0 unspecified atom stereocenters. The van der Waals surface area contributed by atoms with Crippen molar-refractivity contribution >= 4 is 0 Å². The van der Waals surface area contributed by atoms with E-state index in [1.54, 1.807) is 12.1 Å². The van der Waals surface area contributed by atoms with Crippen molar-refractivity contribution in [3.63, 3.8) is 0 Å². The lowest BCUT2D eigenvalue weighted by Gasteiger charge is -2.14. The average Bonchev–Trinajstić information content (AvgIpc) is 3.08. The number of nitrogens with one attached hydrogen (secondary N) is 1. The van der Waals surface area contributed by atoms with Crippen molar-refractivity contribution in [2.24, 2.45) is 0 Å². The van der Waals surface area contributed by atoms with Crippen molar-refractivity contribution in [3.8, 4) is 0 Å². The lowest BCUT2D eigenvalue weighted by Crippen LogP contribution is -2.34.